The number of likely N-dealkylation sites (tertiary alicyclic amines) is 1. The summed E-state index contributed by atoms with van der Waals surface area (Å²) in [4.78, 5) is 2.45. The third kappa shape index (κ3) is 2.44. The van der Waals surface area contributed by atoms with Crippen LogP contribution in [0.2, 0.25) is 0 Å². The van der Waals surface area contributed by atoms with Crippen LogP contribution in [0.5, 0.6) is 0 Å². The van der Waals surface area contributed by atoms with Crippen molar-refractivity contribution in [3.05, 3.63) is 0 Å². The lowest BCUT2D eigenvalue weighted by Gasteiger charge is -2.38. The zero-order chi connectivity index (χ0) is 8.97. The van der Waals surface area contributed by atoms with Crippen molar-refractivity contribution in [1.29, 1.82) is 0 Å². The zero-order valence-electron chi connectivity index (χ0n) is 8.22. The van der Waals surface area contributed by atoms with Gasteiger partial charge in [0.2, 0.25) is 0 Å². The maximum absolute atomic E-state index is 12.0. The van der Waals surface area contributed by atoms with E-state index in [1.807, 2.05) is 0 Å². The van der Waals surface area contributed by atoms with Crippen LogP contribution in [0.25, 0.3) is 0 Å². The molecule has 1 heterocycles. The standard InChI is InChI=1S/C10H20FN/c1-9-5-3-6-10(2)12(9)8-4-7-11/h9-10H,3-8H2,1-2H3. The summed E-state index contributed by atoms with van der Waals surface area (Å²) < 4.78 is 12.0. The molecule has 0 bridgehead atoms. The summed E-state index contributed by atoms with van der Waals surface area (Å²) >= 11 is 0. The number of hydrogen-bond donors (Lipinski definition) is 0. The number of piperidine rings is 1. The van der Waals surface area contributed by atoms with Crippen molar-refractivity contribution < 1.29 is 4.39 Å². The van der Waals surface area contributed by atoms with Crippen LogP contribution in [0.4, 0.5) is 4.39 Å². The topological polar surface area (TPSA) is 3.24 Å². The molecule has 0 radical (unpaired) electrons. The van der Waals surface area contributed by atoms with Gasteiger partial charge in [0, 0.05) is 18.6 Å². The molecule has 1 fully saturated rings. The molecule has 1 aliphatic heterocycles. The maximum Gasteiger partial charge on any atom is 0.0906 e. The minimum Gasteiger partial charge on any atom is -0.298 e. The van der Waals surface area contributed by atoms with E-state index in [1.165, 1.54) is 19.3 Å². The summed E-state index contributed by atoms with van der Waals surface area (Å²) in [5.74, 6) is 0. The van der Waals surface area contributed by atoms with Crippen LogP contribution in [0.15, 0.2) is 0 Å². The number of rotatable bonds is 3. The van der Waals surface area contributed by atoms with Crippen LogP contribution in [0.3, 0.4) is 0 Å². The molecule has 0 aliphatic carbocycles. The molecular formula is C10H20FN. The summed E-state index contributed by atoms with van der Waals surface area (Å²) in [5.41, 5.74) is 0. The average molecular weight is 173 g/mol. The van der Waals surface area contributed by atoms with Gasteiger partial charge < -0.3 is 0 Å². The number of nitrogens with zero attached hydrogens (tertiary/aromatic N) is 1. The van der Waals surface area contributed by atoms with Gasteiger partial charge in [-0.3, -0.25) is 9.29 Å². The molecule has 2 unspecified atom stereocenters. The highest BCUT2D eigenvalue weighted by Crippen LogP contribution is 2.22. The quantitative estimate of drug-likeness (QED) is 0.634. The van der Waals surface area contributed by atoms with Gasteiger partial charge in [-0.25, -0.2) is 0 Å². The summed E-state index contributed by atoms with van der Waals surface area (Å²) in [7, 11) is 0. The van der Waals surface area contributed by atoms with Gasteiger partial charge in [-0.15, -0.1) is 0 Å². The van der Waals surface area contributed by atoms with Crippen LogP contribution in [0, 0.1) is 0 Å². The molecule has 0 aromatic heterocycles. The van der Waals surface area contributed by atoms with E-state index >= 15 is 0 Å². The van der Waals surface area contributed by atoms with E-state index in [-0.39, 0.29) is 6.67 Å². The minimum absolute atomic E-state index is 0.171. The molecular weight excluding hydrogens is 153 g/mol. The van der Waals surface area contributed by atoms with E-state index < -0.39 is 0 Å². The predicted octanol–water partition coefficient (Wildman–Crippen LogP) is 2.61. The first-order chi connectivity index (χ1) is 5.75. The Hall–Kier alpha value is -0.110. The molecule has 0 aromatic carbocycles. The van der Waals surface area contributed by atoms with Gasteiger partial charge >= 0.3 is 0 Å². The van der Waals surface area contributed by atoms with Crippen molar-refractivity contribution in [2.45, 2.75) is 51.6 Å². The molecule has 2 heteroatoms. The Morgan fingerprint density at radius 3 is 2.33 bits per heavy atom. The Kier molecular flexibility index (Phi) is 3.99. The summed E-state index contributed by atoms with van der Waals surface area (Å²) in [5, 5.41) is 0. The fourth-order valence-corrected chi connectivity index (χ4v) is 2.16. The van der Waals surface area contributed by atoms with Gasteiger partial charge in [0.15, 0.2) is 0 Å². The number of hydrogen-bond acceptors (Lipinski definition) is 1. The molecule has 0 N–H and O–H groups in total. The summed E-state index contributed by atoms with van der Waals surface area (Å²) in [6.07, 6.45) is 4.62. The first kappa shape index (κ1) is 9.97. The second kappa shape index (κ2) is 4.80. The Balaban J connectivity index is 2.34. The first-order valence-corrected chi connectivity index (χ1v) is 5.07. The number of halogens is 1. The smallest absolute Gasteiger partial charge is 0.0906 e. The van der Waals surface area contributed by atoms with E-state index in [1.54, 1.807) is 0 Å². The molecule has 1 rings (SSSR count). The van der Waals surface area contributed by atoms with Crippen LogP contribution >= 0.6 is 0 Å². The van der Waals surface area contributed by atoms with Crippen LogP contribution < -0.4 is 0 Å². The fraction of sp³-hybridized carbons (Fsp3) is 1.00. The van der Waals surface area contributed by atoms with Gasteiger partial charge in [0.05, 0.1) is 6.67 Å². The van der Waals surface area contributed by atoms with Crippen molar-refractivity contribution in [2.24, 2.45) is 0 Å². The Bertz CT molecular complexity index is 117. The second-order valence-corrected chi connectivity index (χ2v) is 3.91. The van der Waals surface area contributed by atoms with E-state index in [0.29, 0.717) is 18.5 Å². The monoisotopic (exact) mass is 173 g/mol. The molecule has 0 aromatic rings. The molecule has 1 saturated heterocycles. The Morgan fingerprint density at radius 1 is 1.25 bits per heavy atom. The van der Waals surface area contributed by atoms with Gasteiger partial charge in [-0.1, -0.05) is 6.42 Å². The average Bonchev–Trinajstić information content (AvgIpc) is 2.04. The van der Waals surface area contributed by atoms with Crippen LogP contribution in [-0.2, 0) is 0 Å². The lowest BCUT2D eigenvalue weighted by atomic mass is 9.97. The zero-order valence-corrected chi connectivity index (χ0v) is 8.22. The van der Waals surface area contributed by atoms with Crippen molar-refractivity contribution in [3.8, 4) is 0 Å². The van der Waals surface area contributed by atoms with Crippen molar-refractivity contribution in [1.82, 2.24) is 4.90 Å². The van der Waals surface area contributed by atoms with E-state index in [0.717, 1.165) is 6.54 Å². The highest BCUT2D eigenvalue weighted by atomic mass is 19.1. The molecule has 12 heavy (non-hydrogen) atoms. The maximum atomic E-state index is 12.0. The van der Waals surface area contributed by atoms with Gasteiger partial charge in [-0.05, 0) is 33.1 Å². The van der Waals surface area contributed by atoms with Gasteiger partial charge in [-0.2, -0.15) is 0 Å². The van der Waals surface area contributed by atoms with Crippen molar-refractivity contribution in [2.75, 3.05) is 13.2 Å². The highest BCUT2D eigenvalue weighted by Gasteiger charge is 2.23. The molecule has 1 aliphatic rings. The highest BCUT2D eigenvalue weighted by molar-refractivity contribution is 4.78. The predicted molar refractivity (Wildman–Crippen MR) is 50.1 cm³/mol. The third-order valence-corrected chi connectivity index (χ3v) is 2.93. The summed E-state index contributed by atoms with van der Waals surface area (Å²) in [6, 6.07) is 1.33. The SMILES string of the molecule is CC1CCCC(C)N1CCCF. The largest absolute Gasteiger partial charge is 0.298 e. The first-order valence-electron chi connectivity index (χ1n) is 5.07. The van der Waals surface area contributed by atoms with Crippen LogP contribution in [-0.4, -0.2) is 30.2 Å². The molecule has 0 saturated carbocycles. The van der Waals surface area contributed by atoms with E-state index in [2.05, 4.69) is 18.7 Å². The van der Waals surface area contributed by atoms with Crippen molar-refractivity contribution in [3.63, 3.8) is 0 Å². The Labute approximate surface area is 74.9 Å². The van der Waals surface area contributed by atoms with Crippen LogP contribution in [0.1, 0.15) is 39.5 Å². The van der Waals surface area contributed by atoms with Gasteiger partial charge in [0.1, 0.15) is 0 Å². The molecule has 1 nitrogen and oxygen atoms in total. The normalized spacial score (nSPS) is 32.2. The lowest BCUT2D eigenvalue weighted by Crippen LogP contribution is -2.44. The molecule has 2 atom stereocenters. The van der Waals surface area contributed by atoms with E-state index in [4.69, 9.17) is 0 Å². The van der Waals surface area contributed by atoms with Gasteiger partial charge in [0.25, 0.3) is 0 Å². The second-order valence-electron chi connectivity index (χ2n) is 3.91. The molecule has 0 spiro atoms. The van der Waals surface area contributed by atoms with Crippen molar-refractivity contribution >= 4 is 0 Å². The third-order valence-electron chi connectivity index (χ3n) is 2.93. The molecule has 0 amide bonds. The lowest BCUT2D eigenvalue weighted by molar-refractivity contribution is 0.0995. The number of alkyl halides is 1. The minimum atomic E-state index is -0.171. The van der Waals surface area contributed by atoms with E-state index in [9.17, 15) is 4.39 Å². The summed E-state index contributed by atoms with van der Waals surface area (Å²) in [6.45, 7) is 5.29. The Morgan fingerprint density at radius 2 is 1.83 bits per heavy atom. The molecule has 72 valence electrons. The fourth-order valence-electron chi connectivity index (χ4n) is 2.16.